The van der Waals surface area contributed by atoms with Crippen LogP contribution in [0.4, 0.5) is 5.82 Å². The average Bonchev–Trinajstić information content (AvgIpc) is 2.48. The summed E-state index contributed by atoms with van der Waals surface area (Å²) in [6.07, 6.45) is 1.62. The normalized spacial score (nSPS) is 10.3. The Morgan fingerprint density at radius 2 is 2.00 bits per heavy atom. The summed E-state index contributed by atoms with van der Waals surface area (Å²) in [6.45, 7) is 3.10. The van der Waals surface area contributed by atoms with Gasteiger partial charge in [-0.25, -0.2) is 0 Å². The van der Waals surface area contributed by atoms with Crippen LogP contribution in [-0.4, -0.2) is 23.2 Å². The van der Waals surface area contributed by atoms with Gasteiger partial charge in [0.05, 0.1) is 0 Å². The standard InChI is InChI=1S/C16H20N2O2/c1-2-11-17-15-8-5-9-16(18-15)20-14-7-4-3-6-13(14)10-12-19/h3-9,19H,2,10-12H2,1H3,(H,17,18). The van der Waals surface area contributed by atoms with Crippen LogP contribution in [0, 0.1) is 0 Å². The van der Waals surface area contributed by atoms with Crippen molar-refractivity contribution in [3.63, 3.8) is 0 Å². The molecule has 0 amide bonds. The molecule has 1 heterocycles. The Morgan fingerprint density at radius 3 is 2.80 bits per heavy atom. The molecule has 4 heteroatoms. The van der Waals surface area contributed by atoms with E-state index in [1.807, 2.05) is 42.5 Å². The largest absolute Gasteiger partial charge is 0.439 e. The van der Waals surface area contributed by atoms with Crippen LogP contribution in [0.1, 0.15) is 18.9 Å². The second-order valence-electron chi connectivity index (χ2n) is 4.47. The first kappa shape index (κ1) is 14.3. The van der Waals surface area contributed by atoms with Crippen molar-refractivity contribution in [1.29, 1.82) is 0 Å². The lowest BCUT2D eigenvalue weighted by Crippen LogP contribution is -2.02. The van der Waals surface area contributed by atoms with E-state index in [0.29, 0.717) is 12.3 Å². The quantitative estimate of drug-likeness (QED) is 0.812. The van der Waals surface area contributed by atoms with Crippen molar-refractivity contribution in [1.82, 2.24) is 4.98 Å². The van der Waals surface area contributed by atoms with Crippen LogP contribution < -0.4 is 10.1 Å². The van der Waals surface area contributed by atoms with E-state index < -0.39 is 0 Å². The van der Waals surface area contributed by atoms with Crippen LogP contribution in [0.2, 0.25) is 0 Å². The molecule has 0 atom stereocenters. The zero-order chi connectivity index (χ0) is 14.2. The molecule has 0 aliphatic rings. The summed E-state index contributed by atoms with van der Waals surface area (Å²) in [6, 6.07) is 13.3. The SMILES string of the molecule is CCCNc1cccc(Oc2ccccc2CCO)n1. The number of nitrogens with zero attached hydrogens (tertiary/aromatic N) is 1. The van der Waals surface area contributed by atoms with Crippen LogP contribution in [0.15, 0.2) is 42.5 Å². The lowest BCUT2D eigenvalue weighted by molar-refractivity contribution is 0.297. The second kappa shape index (κ2) is 7.50. The van der Waals surface area contributed by atoms with E-state index in [4.69, 9.17) is 9.84 Å². The van der Waals surface area contributed by atoms with Gasteiger partial charge < -0.3 is 15.2 Å². The predicted octanol–water partition coefficient (Wildman–Crippen LogP) is 3.23. The van der Waals surface area contributed by atoms with E-state index in [2.05, 4.69) is 17.2 Å². The number of aliphatic hydroxyl groups excluding tert-OH is 1. The third kappa shape index (κ3) is 3.96. The highest BCUT2D eigenvalue weighted by atomic mass is 16.5. The Kier molecular flexibility index (Phi) is 5.38. The molecular formula is C16H20N2O2. The number of aromatic nitrogens is 1. The van der Waals surface area contributed by atoms with Gasteiger partial charge in [-0.05, 0) is 30.5 Å². The summed E-state index contributed by atoms with van der Waals surface area (Å²) in [5.74, 6) is 2.10. The highest BCUT2D eigenvalue weighted by Crippen LogP contribution is 2.25. The van der Waals surface area contributed by atoms with E-state index in [-0.39, 0.29) is 6.61 Å². The maximum absolute atomic E-state index is 9.07. The first-order valence-electron chi connectivity index (χ1n) is 6.91. The van der Waals surface area contributed by atoms with Gasteiger partial charge in [0.2, 0.25) is 5.88 Å². The number of rotatable bonds is 7. The van der Waals surface area contributed by atoms with E-state index in [9.17, 15) is 0 Å². The molecule has 20 heavy (non-hydrogen) atoms. The summed E-state index contributed by atoms with van der Waals surface area (Å²) >= 11 is 0. The molecule has 0 unspecified atom stereocenters. The molecule has 2 rings (SSSR count). The number of aliphatic hydroxyl groups is 1. The summed E-state index contributed by atoms with van der Waals surface area (Å²) in [5.41, 5.74) is 0.976. The molecule has 1 aromatic heterocycles. The number of ether oxygens (including phenoxy) is 1. The van der Waals surface area contributed by atoms with Crippen molar-refractivity contribution >= 4 is 5.82 Å². The number of para-hydroxylation sites is 1. The Bertz CT molecular complexity index is 544. The fourth-order valence-corrected chi connectivity index (χ4v) is 1.87. The molecule has 0 fully saturated rings. The van der Waals surface area contributed by atoms with E-state index in [0.717, 1.165) is 30.1 Å². The number of benzene rings is 1. The van der Waals surface area contributed by atoms with E-state index >= 15 is 0 Å². The fourth-order valence-electron chi connectivity index (χ4n) is 1.87. The monoisotopic (exact) mass is 272 g/mol. The molecule has 106 valence electrons. The molecule has 0 bridgehead atoms. The van der Waals surface area contributed by atoms with Gasteiger partial charge in [0.1, 0.15) is 11.6 Å². The second-order valence-corrected chi connectivity index (χ2v) is 4.47. The van der Waals surface area contributed by atoms with Gasteiger partial charge in [0, 0.05) is 19.2 Å². The van der Waals surface area contributed by atoms with Crippen molar-refractivity contribution in [3.05, 3.63) is 48.0 Å². The zero-order valence-corrected chi connectivity index (χ0v) is 11.7. The molecule has 2 N–H and O–H groups in total. The molecule has 2 aromatic rings. The van der Waals surface area contributed by atoms with Crippen molar-refractivity contribution < 1.29 is 9.84 Å². The highest BCUT2D eigenvalue weighted by Gasteiger charge is 2.05. The van der Waals surface area contributed by atoms with Gasteiger partial charge >= 0.3 is 0 Å². The van der Waals surface area contributed by atoms with Crippen LogP contribution in [-0.2, 0) is 6.42 Å². The minimum atomic E-state index is 0.103. The van der Waals surface area contributed by atoms with Crippen molar-refractivity contribution in [2.24, 2.45) is 0 Å². The van der Waals surface area contributed by atoms with Gasteiger partial charge in [0.25, 0.3) is 0 Å². The average molecular weight is 272 g/mol. The van der Waals surface area contributed by atoms with Crippen LogP contribution in [0.25, 0.3) is 0 Å². The molecule has 0 aliphatic heterocycles. The van der Waals surface area contributed by atoms with Crippen LogP contribution in [0.3, 0.4) is 0 Å². The first-order valence-corrected chi connectivity index (χ1v) is 6.91. The summed E-state index contributed by atoms with van der Waals surface area (Å²) in [5, 5.41) is 12.3. The Hall–Kier alpha value is -2.07. The Balaban J connectivity index is 2.13. The van der Waals surface area contributed by atoms with Gasteiger partial charge in [-0.15, -0.1) is 0 Å². The Labute approximate surface area is 119 Å². The third-order valence-electron chi connectivity index (χ3n) is 2.85. The molecule has 4 nitrogen and oxygen atoms in total. The molecule has 1 aromatic carbocycles. The molecule has 0 spiro atoms. The van der Waals surface area contributed by atoms with E-state index in [1.165, 1.54) is 0 Å². The van der Waals surface area contributed by atoms with Gasteiger partial charge in [-0.3, -0.25) is 0 Å². The summed E-state index contributed by atoms with van der Waals surface area (Å²) in [4.78, 5) is 4.41. The lowest BCUT2D eigenvalue weighted by atomic mass is 10.1. The number of nitrogens with one attached hydrogen (secondary N) is 1. The Morgan fingerprint density at radius 1 is 1.15 bits per heavy atom. The minimum Gasteiger partial charge on any atom is -0.439 e. The maximum atomic E-state index is 9.07. The molecule has 0 aliphatic carbocycles. The zero-order valence-electron chi connectivity index (χ0n) is 11.7. The number of hydrogen-bond acceptors (Lipinski definition) is 4. The fraction of sp³-hybridized carbons (Fsp3) is 0.312. The highest BCUT2D eigenvalue weighted by molar-refractivity contribution is 5.40. The topological polar surface area (TPSA) is 54.4 Å². The summed E-state index contributed by atoms with van der Waals surface area (Å²) in [7, 11) is 0. The van der Waals surface area contributed by atoms with Gasteiger partial charge in [-0.1, -0.05) is 31.2 Å². The lowest BCUT2D eigenvalue weighted by Gasteiger charge is -2.11. The van der Waals surface area contributed by atoms with Crippen molar-refractivity contribution in [2.45, 2.75) is 19.8 Å². The summed E-state index contributed by atoms with van der Waals surface area (Å²) < 4.78 is 5.82. The molecule has 0 saturated heterocycles. The van der Waals surface area contributed by atoms with E-state index in [1.54, 1.807) is 0 Å². The van der Waals surface area contributed by atoms with Crippen LogP contribution in [0.5, 0.6) is 11.6 Å². The van der Waals surface area contributed by atoms with Gasteiger partial charge in [-0.2, -0.15) is 4.98 Å². The smallest absolute Gasteiger partial charge is 0.221 e. The first-order chi connectivity index (χ1) is 9.83. The number of anilines is 1. The molecule has 0 radical (unpaired) electrons. The number of hydrogen-bond donors (Lipinski definition) is 2. The molecular weight excluding hydrogens is 252 g/mol. The third-order valence-corrected chi connectivity index (χ3v) is 2.85. The van der Waals surface area contributed by atoms with Crippen molar-refractivity contribution in [3.8, 4) is 11.6 Å². The minimum absolute atomic E-state index is 0.103. The maximum Gasteiger partial charge on any atom is 0.221 e. The number of pyridine rings is 1. The predicted molar refractivity (Wildman–Crippen MR) is 80.3 cm³/mol. The van der Waals surface area contributed by atoms with Crippen molar-refractivity contribution in [2.75, 3.05) is 18.5 Å². The van der Waals surface area contributed by atoms with Crippen LogP contribution >= 0.6 is 0 Å². The molecule has 0 saturated carbocycles. The van der Waals surface area contributed by atoms with Gasteiger partial charge in [0.15, 0.2) is 0 Å².